The van der Waals surface area contributed by atoms with Gasteiger partial charge in [-0.1, -0.05) is 13.3 Å². The molecular formula is C10H15N3O. The summed E-state index contributed by atoms with van der Waals surface area (Å²) < 4.78 is 0. The minimum absolute atomic E-state index is 0.152. The van der Waals surface area contributed by atoms with Gasteiger partial charge < -0.3 is 5.32 Å². The van der Waals surface area contributed by atoms with E-state index in [0.717, 1.165) is 5.69 Å². The van der Waals surface area contributed by atoms with Gasteiger partial charge in [-0.05, 0) is 18.8 Å². The normalized spacial score (nSPS) is 26.4. The molecule has 0 amide bonds. The predicted molar refractivity (Wildman–Crippen MR) is 55.3 cm³/mol. The van der Waals surface area contributed by atoms with Crippen molar-refractivity contribution in [3.8, 4) is 0 Å². The average Bonchev–Trinajstić information content (AvgIpc) is 2.52. The minimum atomic E-state index is -0.152. The van der Waals surface area contributed by atoms with E-state index in [1.807, 2.05) is 0 Å². The number of anilines is 1. The molecule has 76 valence electrons. The lowest BCUT2D eigenvalue weighted by Crippen LogP contribution is -2.23. The van der Waals surface area contributed by atoms with Gasteiger partial charge in [-0.25, -0.2) is 5.10 Å². The van der Waals surface area contributed by atoms with E-state index in [9.17, 15) is 4.79 Å². The third-order valence-electron chi connectivity index (χ3n) is 2.88. The Morgan fingerprint density at radius 1 is 1.57 bits per heavy atom. The van der Waals surface area contributed by atoms with Crippen LogP contribution >= 0.6 is 0 Å². The quantitative estimate of drug-likeness (QED) is 0.745. The molecular weight excluding hydrogens is 178 g/mol. The topological polar surface area (TPSA) is 57.8 Å². The van der Waals surface area contributed by atoms with Crippen molar-refractivity contribution in [2.45, 2.75) is 32.2 Å². The first kappa shape index (κ1) is 9.24. The minimum Gasteiger partial charge on any atom is -0.381 e. The van der Waals surface area contributed by atoms with E-state index in [2.05, 4.69) is 22.4 Å². The molecule has 1 aliphatic carbocycles. The zero-order valence-corrected chi connectivity index (χ0v) is 8.29. The first-order valence-corrected chi connectivity index (χ1v) is 5.07. The molecule has 2 rings (SSSR count). The van der Waals surface area contributed by atoms with Crippen LogP contribution in [0, 0.1) is 5.92 Å². The second kappa shape index (κ2) is 3.82. The van der Waals surface area contributed by atoms with Crippen LogP contribution in [0.3, 0.4) is 0 Å². The smallest absolute Gasteiger partial charge is 0.266 e. The molecule has 2 N–H and O–H groups in total. The average molecular weight is 193 g/mol. The van der Waals surface area contributed by atoms with Crippen molar-refractivity contribution < 1.29 is 0 Å². The number of H-pyrrole nitrogens is 1. The SMILES string of the molecule is CC1CCCC1Nc1cn[nH]c(=O)c1. The molecule has 4 heteroatoms. The summed E-state index contributed by atoms with van der Waals surface area (Å²) in [5.41, 5.74) is 0.674. The molecule has 1 aromatic rings. The largest absolute Gasteiger partial charge is 0.381 e. The summed E-state index contributed by atoms with van der Waals surface area (Å²) in [5.74, 6) is 0.689. The molecule has 1 aromatic heterocycles. The third-order valence-corrected chi connectivity index (χ3v) is 2.88. The second-order valence-corrected chi connectivity index (χ2v) is 3.99. The molecule has 0 radical (unpaired) electrons. The highest BCUT2D eigenvalue weighted by Gasteiger charge is 2.22. The number of aromatic nitrogens is 2. The fourth-order valence-electron chi connectivity index (χ4n) is 2.03. The maximum absolute atomic E-state index is 11.0. The van der Waals surface area contributed by atoms with Crippen molar-refractivity contribution in [1.82, 2.24) is 10.2 Å². The van der Waals surface area contributed by atoms with Crippen molar-refractivity contribution in [3.63, 3.8) is 0 Å². The number of hydrogen-bond acceptors (Lipinski definition) is 3. The Labute approximate surface area is 82.7 Å². The fourth-order valence-corrected chi connectivity index (χ4v) is 2.03. The van der Waals surface area contributed by atoms with Crippen LogP contribution in [0.15, 0.2) is 17.1 Å². The third kappa shape index (κ3) is 1.95. The second-order valence-electron chi connectivity index (χ2n) is 3.99. The Balaban J connectivity index is 2.07. The van der Waals surface area contributed by atoms with E-state index in [0.29, 0.717) is 12.0 Å². The Hall–Kier alpha value is -1.32. The maximum atomic E-state index is 11.0. The molecule has 2 atom stereocenters. The van der Waals surface area contributed by atoms with Gasteiger partial charge in [0.15, 0.2) is 0 Å². The highest BCUT2D eigenvalue weighted by Crippen LogP contribution is 2.27. The van der Waals surface area contributed by atoms with Gasteiger partial charge in [-0.3, -0.25) is 4.79 Å². The number of aromatic amines is 1. The molecule has 2 unspecified atom stereocenters. The highest BCUT2D eigenvalue weighted by atomic mass is 16.1. The summed E-state index contributed by atoms with van der Waals surface area (Å²) in [4.78, 5) is 11.0. The molecule has 1 fully saturated rings. The van der Waals surface area contributed by atoms with Crippen LogP contribution in [-0.2, 0) is 0 Å². The Bertz CT molecular complexity index is 360. The van der Waals surface area contributed by atoms with Crippen LogP contribution in [0.1, 0.15) is 26.2 Å². The molecule has 4 nitrogen and oxygen atoms in total. The van der Waals surface area contributed by atoms with E-state index >= 15 is 0 Å². The van der Waals surface area contributed by atoms with Gasteiger partial charge >= 0.3 is 0 Å². The summed E-state index contributed by atoms with van der Waals surface area (Å²) in [7, 11) is 0. The van der Waals surface area contributed by atoms with Gasteiger partial charge in [0.1, 0.15) is 0 Å². The van der Waals surface area contributed by atoms with Crippen molar-refractivity contribution in [2.24, 2.45) is 5.92 Å². The van der Waals surface area contributed by atoms with E-state index in [1.165, 1.54) is 19.3 Å². The molecule has 1 heterocycles. The molecule has 0 saturated heterocycles. The number of nitrogens with one attached hydrogen (secondary N) is 2. The summed E-state index contributed by atoms with van der Waals surface area (Å²) in [6.07, 6.45) is 5.39. The van der Waals surface area contributed by atoms with Crippen LogP contribution < -0.4 is 10.9 Å². The fraction of sp³-hybridized carbons (Fsp3) is 0.600. The maximum Gasteiger partial charge on any atom is 0.266 e. The first-order valence-electron chi connectivity index (χ1n) is 5.07. The van der Waals surface area contributed by atoms with Crippen LogP contribution in [0.5, 0.6) is 0 Å². The van der Waals surface area contributed by atoms with Crippen molar-refractivity contribution in [1.29, 1.82) is 0 Å². The lowest BCUT2D eigenvalue weighted by Gasteiger charge is -2.17. The zero-order chi connectivity index (χ0) is 9.97. The van der Waals surface area contributed by atoms with Gasteiger partial charge in [-0.15, -0.1) is 0 Å². The standard InChI is InChI=1S/C10H15N3O/c1-7-3-2-4-9(7)12-8-5-10(14)13-11-6-8/h5-7,9H,2-4H2,1H3,(H2,12,13,14). The van der Waals surface area contributed by atoms with E-state index in [-0.39, 0.29) is 5.56 Å². The number of hydrogen-bond donors (Lipinski definition) is 2. The Morgan fingerprint density at radius 2 is 2.43 bits per heavy atom. The van der Waals surface area contributed by atoms with E-state index in [1.54, 1.807) is 12.3 Å². The van der Waals surface area contributed by atoms with Crippen molar-refractivity contribution in [2.75, 3.05) is 5.32 Å². The first-order chi connectivity index (χ1) is 6.75. The molecule has 0 aromatic carbocycles. The van der Waals surface area contributed by atoms with Crippen LogP contribution in [0.2, 0.25) is 0 Å². The Morgan fingerprint density at radius 3 is 3.07 bits per heavy atom. The lowest BCUT2D eigenvalue weighted by molar-refractivity contribution is 0.556. The number of rotatable bonds is 2. The van der Waals surface area contributed by atoms with Gasteiger partial charge in [0, 0.05) is 12.1 Å². The van der Waals surface area contributed by atoms with Crippen LogP contribution in [-0.4, -0.2) is 16.2 Å². The molecule has 0 spiro atoms. The highest BCUT2D eigenvalue weighted by molar-refractivity contribution is 5.40. The van der Waals surface area contributed by atoms with Gasteiger partial charge in [-0.2, -0.15) is 5.10 Å². The van der Waals surface area contributed by atoms with Crippen molar-refractivity contribution >= 4 is 5.69 Å². The molecule has 14 heavy (non-hydrogen) atoms. The van der Waals surface area contributed by atoms with Crippen LogP contribution in [0.4, 0.5) is 5.69 Å². The monoisotopic (exact) mass is 193 g/mol. The molecule has 0 aliphatic heterocycles. The molecule has 0 bridgehead atoms. The predicted octanol–water partition coefficient (Wildman–Crippen LogP) is 1.37. The van der Waals surface area contributed by atoms with Crippen LogP contribution in [0.25, 0.3) is 0 Å². The molecule has 1 aliphatic rings. The summed E-state index contributed by atoms with van der Waals surface area (Å²) in [5, 5.41) is 9.46. The number of nitrogens with zero attached hydrogens (tertiary/aromatic N) is 1. The van der Waals surface area contributed by atoms with Gasteiger partial charge in [0.05, 0.1) is 11.9 Å². The Kier molecular flexibility index (Phi) is 2.52. The van der Waals surface area contributed by atoms with Crippen molar-refractivity contribution in [3.05, 3.63) is 22.6 Å². The summed E-state index contributed by atoms with van der Waals surface area (Å²) in [6, 6.07) is 2.05. The van der Waals surface area contributed by atoms with Gasteiger partial charge in [0.25, 0.3) is 5.56 Å². The van der Waals surface area contributed by atoms with E-state index in [4.69, 9.17) is 0 Å². The molecule has 1 saturated carbocycles. The van der Waals surface area contributed by atoms with E-state index < -0.39 is 0 Å². The lowest BCUT2D eigenvalue weighted by atomic mass is 10.1. The summed E-state index contributed by atoms with van der Waals surface area (Å²) >= 11 is 0. The van der Waals surface area contributed by atoms with Gasteiger partial charge in [0.2, 0.25) is 0 Å². The summed E-state index contributed by atoms with van der Waals surface area (Å²) in [6.45, 7) is 2.24. The zero-order valence-electron chi connectivity index (χ0n) is 8.29.